The first-order valence-electron chi connectivity index (χ1n) is 9.06. The Morgan fingerprint density at radius 1 is 1.14 bits per heavy atom. The number of aryl methyl sites for hydroxylation is 1. The van der Waals surface area contributed by atoms with Gasteiger partial charge in [-0.15, -0.1) is 12.4 Å². The first kappa shape index (κ1) is 22.4. The van der Waals surface area contributed by atoms with Crippen molar-refractivity contribution in [1.29, 1.82) is 0 Å². The molecule has 1 aromatic carbocycles. The number of rotatable bonds is 7. The number of hydrogen-bond acceptors (Lipinski definition) is 5. The number of aromatic nitrogens is 4. The molecule has 3 rings (SSSR count). The number of fused-ring (bicyclic) bond motifs is 1. The first-order valence-corrected chi connectivity index (χ1v) is 9.06. The summed E-state index contributed by atoms with van der Waals surface area (Å²) < 4.78 is 3.81. The summed E-state index contributed by atoms with van der Waals surface area (Å²) in [6, 6.07) is 9.69. The molecule has 0 fully saturated rings. The van der Waals surface area contributed by atoms with Crippen molar-refractivity contribution in [1.82, 2.24) is 23.6 Å². The highest BCUT2D eigenvalue weighted by Gasteiger charge is 2.19. The molecule has 0 aliphatic carbocycles. The lowest BCUT2D eigenvalue weighted by Crippen LogP contribution is -2.38. The highest BCUT2D eigenvalue weighted by molar-refractivity contribution is 5.85. The van der Waals surface area contributed by atoms with Crippen LogP contribution in [0.3, 0.4) is 0 Å². The summed E-state index contributed by atoms with van der Waals surface area (Å²) in [6.45, 7) is 1.42. The average molecular weight is 421 g/mol. The predicted octanol–water partition coefficient (Wildman–Crippen LogP) is 0.233. The van der Waals surface area contributed by atoms with Gasteiger partial charge in [0.25, 0.3) is 5.56 Å². The van der Waals surface area contributed by atoms with Gasteiger partial charge < -0.3 is 15.2 Å². The SMILES string of the molecule is Cl.Cn1c(=O)c2c(ncn2CC(=O)N(CCCN)Cc2ccccc2)n(C)c1=O. The normalized spacial score (nSPS) is 10.7. The lowest BCUT2D eigenvalue weighted by Gasteiger charge is -2.23. The van der Waals surface area contributed by atoms with Gasteiger partial charge in [-0.1, -0.05) is 30.3 Å². The maximum Gasteiger partial charge on any atom is 0.332 e. The van der Waals surface area contributed by atoms with E-state index in [4.69, 9.17) is 5.73 Å². The Kier molecular flexibility index (Phi) is 7.35. The van der Waals surface area contributed by atoms with Gasteiger partial charge in [0, 0.05) is 27.2 Å². The van der Waals surface area contributed by atoms with Crippen molar-refractivity contribution in [3.05, 3.63) is 63.1 Å². The quantitative estimate of drug-likeness (QED) is 0.588. The zero-order chi connectivity index (χ0) is 20.3. The molecule has 0 radical (unpaired) electrons. The van der Waals surface area contributed by atoms with Crippen molar-refractivity contribution in [3.63, 3.8) is 0 Å². The summed E-state index contributed by atoms with van der Waals surface area (Å²) >= 11 is 0. The van der Waals surface area contributed by atoms with E-state index in [1.807, 2.05) is 30.3 Å². The number of nitrogens with two attached hydrogens (primary N) is 1. The van der Waals surface area contributed by atoms with E-state index >= 15 is 0 Å². The second-order valence-corrected chi connectivity index (χ2v) is 6.69. The zero-order valence-electron chi connectivity index (χ0n) is 16.4. The predicted molar refractivity (Wildman–Crippen MR) is 113 cm³/mol. The van der Waals surface area contributed by atoms with E-state index in [0.717, 1.165) is 10.1 Å². The molecule has 0 bridgehead atoms. The van der Waals surface area contributed by atoms with E-state index in [0.29, 0.717) is 26.1 Å². The summed E-state index contributed by atoms with van der Waals surface area (Å²) in [5, 5.41) is 0. The monoisotopic (exact) mass is 420 g/mol. The molecule has 9 nitrogen and oxygen atoms in total. The van der Waals surface area contributed by atoms with Gasteiger partial charge >= 0.3 is 5.69 Å². The standard InChI is InChI=1S/C19H24N6O3.ClH/c1-22-17-16(18(27)23(2)19(22)28)25(13-21-17)12-15(26)24(10-6-9-20)11-14-7-4-3-5-8-14;/h3-5,7-8,13H,6,9-12,20H2,1-2H3;1H. The molecule has 0 aliphatic rings. The highest BCUT2D eigenvalue weighted by Crippen LogP contribution is 2.09. The molecule has 0 saturated heterocycles. The summed E-state index contributed by atoms with van der Waals surface area (Å²) in [7, 11) is 2.96. The molecule has 2 N–H and O–H groups in total. The lowest BCUT2D eigenvalue weighted by atomic mass is 10.2. The Labute approximate surface area is 173 Å². The minimum atomic E-state index is -0.472. The Morgan fingerprint density at radius 2 is 1.83 bits per heavy atom. The van der Waals surface area contributed by atoms with Crippen LogP contribution in [0.25, 0.3) is 11.2 Å². The molecule has 0 unspecified atom stereocenters. The van der Waals surface area contributed by atoms with Gasteiger partial charge in [-0.25, -0.2) is 9.78 Å². The van der Waals surface area contributed by atoms with Gasteiger partial charge in [0.1, 0.15) is 6.54 Å². The molecule has 10 heteroatoms. The summed E-state index contributed by atoms with van der Waals surface area (Å²) in [5.41, 5.74) is 6.20. The van der Waals surface area contributed by atoms with Crippen molar-refractivity contribution < 1.29 is 4.79 Å². The molecule has 1 amide bonds. The minimum absolute atomic E-state index is 0. The first-order chi connectivity index (χ1) is 13.4. The number of nitrogens with zero attached hydrogens (tertiary/aromatic N) is 5. The minimum Gasteiger partial charge on any atom is -0.337 e. The smallest absolute Gasteiger partial charge is 0.332 e. The number of imidazole rings is 1. The van der Waals surface area contributed by atoms with E-state index in [1.165, 1.54) is 22.5 Å². The molecule has 2 heterocycles. The summed E-state index contributed by atoms with van der Waals surface area (Å²) in [4.78, 5) is 43.5. The van der Waals surface area contributed by atoms with E-state index < -0.39 is 11.2 Å². The second kappa shape index (κ2) is 9.53. The van der Waals surface area contributed by atoms with Gasteiger partial charge in [0.2, 0.25) is 5.91 Å². The van der Waals surface area contributed by atoms with Crippen LogP contribution in [0.2, 0.25) is 0 Å². The van der Waals surface area contributed by atoms with E-state index in [-0.39, 0.29) is 36.0 Å². The molecule has 156 valence electrons. The van der Waals surface area contributed by atoms with E-state index in [2.05, 4.69) is 4.98 Å². The Balaban J connectivity index is 0.00000300. The Hall–Kier alpha value is -2.91. The third kappa shape index (κ3) is 4.57. The van der Waals surface area contributed by atoms with Gasteiger partial charge in [-0.05, 0) is 18.5 Å². The average Bonchev–Trinajstić information content (AvgIpc) is 3.12. The lowest BCUT2D eigenvalue weighted by molar-refractivity contribution is -0.132. The summed E-state index contributed by atoms with van der Waals surface area (Å²) in [5.74, 6) is -0.146. The van der Waals surface area contributed by atoms with Crippen LogP contribution in [0.4, 0.5) is 0 Å². The molecule has 0 aliphatic heterocycles. The van der Waals surface area contributed by atoms with Crippen molar-refractivity contribution in [2.75, 3.05) is 13.1 Å². The number of carbonyl (C=O) groups excluding carboxylic acids is 1. The molecule has 0 atom stereocenters. The topological polar surface area (TPSA) is 108 Å². The molecular formula is C19H25ClN6O3. The fraction of sp³-hybridized carbons (Fsp3) is 0.368. The third-order valence-electron chi connectivity index (χ3n) is 4.72. The van der Waals surface area contributed by atoms with Crippen molar-refractivity contribution >= 4 is 29.5 Å². The summed E-state index contributed by atoms with van der Waals surface area (Å²) in [6.07, 6.45) is 2.10. The maximum atomic E-state index is 13.0. The molecular weight excluding hydrogens is 396 g/mol. The number of carbonyl (C=O) groups is 1. The molecule has 2 aromatic heterocycles. The maximum absolute atomic E-state index is 13.0. The van der Waals surface area contributed by atoms with Crippen LogP contribution in [0.1, 0.15) is 12.0 Å². The van der Waals surface area contributed by atoms with Crippen LogP contribution in [-0.4, -0.2) is 42.6 Å². The number of hydrogen-bond donors (Lipinski definition) is 1. The van der Waals surface area contributed by atoms with Crippen LogP contribution in [0.15, 0.2) is 46.2 Å². The molecule has 3 aromatic rings. The van der Waals surface area contributed by atoms with Crippen LogP contribution >= 0.6 is 12.4 Å². The van der Waals surface area contributed by atoms with Gasteiger partial charge in [0.05, 0.1) is 6.33 Å². The van der Waals surface area contributed by atoms with E-state index in [9.17, 15) is 14.4 Å². The van der Waals surface area contributed by atoms with E-state index in [1.54, 1.807) is 11.9 Å². The molecule has 0 saturated carbocycles. The van der Waals surface area contributed by atoms with Crippen molar-refractivity contribution in [3.8, 4) is 0 Å². The third-order valence-corrected chi connectivity index (χ3v) is 4.72. The van der Waals surface area contributed by atoms with Crippen LogP contribution < -0.4 is 17.0 Å². The number of halogens is 1. The zero-order valence-corrected chi connectivity index (χ0v) is 17.3. The van der Waals surface area contributed by atoms with Crippen LogP contribution in [-0.2, 0) is 32.0 Å². The van der Waals surface area contributed by atoms with Gasteiger partial charge in [0.15, 0.2) is 11.2 Å². The van der Waals surface area contributed by atoms with Crippen LogP contribution in [0, 0.1) is 0 Å². The van der Waals surface area contributed by atoms with Crippen LogP contribution in [0.5, 0.6) is 0 Å². The largest absolute Gasteiger partial charge is 0.337 e. The number of amides is 1. The van der Waals surface area contributed by atoms with Crippen molar-refractivity contribution in [2.24, 2.45) is 19.8 Å². The van der Waals surface area contributed by atoms with Gasteiger partial charge in [-0.2, -0.15) is 0 Å². The fourth-order valence-corrected chi connectivity index (χ4v) is 3.14. The fourth-order valence-electron chi connectivity index (χ4n) is 3.14. The molecule has 0 spiro atoms. The highest BCUT2D eigenvalue weighted by atomic mass is 35.5. The Morgan fingerprint density at radius 3 is 2.48 bits per heavy atom. The Bertz CT molecular complexity index is 1100. The number of benzene rings is 1. The van der Waals surface area contributed by atoms with Crippen molar-refractivity contribution in [2.45, 2.75) is 19.5 Å². The van der Waals surface area contributed by atoms with Gasteiger partial charge in [-0.3, -0.25) is 18.7 Å². The second-order valence-electron chi connectivity index (χ2n) is 6.69. The molecule has 29 heavy (non-hydrogen) atoms.